The largest absolute Gasteiger partial charge is 0.662 e. The van der Waals surface area contributed by atoms with E-state index < -0.39 is 4.92 Å². The molecule has 2 aliphatic rings. The van der Waals surface area contributed by atoms with E-state index in [0.29, 0.717) is 5.69 Å². The van der Waals surface area contributed by atoms with Gasteiger partial charge in [-0.1, -0.05) is 103 Å². The van der Waals surface area contributed by atoms with E-state index >= 15 is 0 Å². The minimum absolute atomic E-state index is 0. The van der Waals surface area contributed by atoms with Crippen LogP contribution in [0.2, 0.25) is 0 Å². The Bertz CT molecular complexity index is 1340. The number of benzene rings is 2. The van der Waals surface area contributed by atoms with Crippen LogP contribution in [-0.2, 0) is 17.1 Å². The van der Waals surface area contributed by atoms with Crippen molar-refractivity contribution in [3.8, 4) is 34.9 Å². The summed E-state index contributed by atoms with van der Waals surface area (Å²) in [6.07, 6.45) is 18.5. The number of terminal acetylenes is 1. The number of hydrogen-bond donors (Lipinski definition) is 0. The van der Waals surface area contributed by atoms with Crippen LogP contribution in [-0.4, -0.2) is 23.0 Å². The standard InChI is InChI=1S/C18H13N3O3.C9H18N.C7H12.C3H4.2C2H6.Fe/c1-12-10-17(13-2-6-15(20-22)7-3-13)19-18(11-12)14-4-8-16(9-5-14)21(23)24;1-2-4-6-8-10-9-7-5-3-1;1-3-6(2)7-4-5-7;1-3-2;2*1-2;/h2-11H,1H3;1-9H2;3-5H2,1-2H3;1H,2H3;2*1-2H3;/q;-1;;;;;. The van der Waals surface area contributed by atoms with Crippen molar-refractivity contribution in [3.05, 3.63) is 97.7 Å². The van der Waals surface area contributed by atoms with Crippen LogP contribution in [0.25, 0.3) is 27.8 Å². The third kappa shape index (κ3) is 21.1. The molecule has 0 bridgehead atoms. The first-order chi connectivity index (χ1) is 23.3. The number of pyridine rings is 1. The van der Waals surface area contributed by atoms with Crippen LogP contribution >= 0.6 is 0 Å². The van der Waals surface area contributed by atoms with Crippen molar-refractivity contribution in [2.45, 2.75) is 120 Å². The maximum absolute atomic E-state index is 10.8. The first kappa shape index (κ1) is 47.5. The molecule has 1 saturated carbocycles. The molecule has 0 N–H and O–H groups in total. The van der Waals surface area contributed by atoms with Gasteiger partial charge in [-0.25, -0.2) is 4.98 Å². The second-order valence-electron chi connectivity index (χ2n) is 11.0. The summed E-state index contributed by atoms with van der Waals surface area (Å²) in [6, 6.07) is 17.0. The van der Waals surface area contributed by atoms with Crippen molar-refractivity contribution in [2.24, 2.45) is 5.18 Å². The second-order valence-corrected chi connectivity index (χ2v) is 11.0. The van der Waals surface area contributed by atoms with Gasteiger partial charge in [0.1, 0.15) is 5.69 Å². The molecule has 7 nitrogen and oxygen atoms in total. The van der Waals surface area contributed by atoms with Crippen LogP contribution in [0.5, 0.6) is 0 Å². The van der Waals surface area contributed by atoms with Crippen LogP contribution in [0.15, 0.2) is 77.0 Å². The van der Waals surface area contributed by atoms with Crippen LogP contribution in [0.3, 0.4) is 0 Å². The number of nitroso groups, excluding NO2 is 1. The molecule has 8 heteroatoms. The number of allylic oxidation sites excluding steroid dienone is 2. The fourth-order valence-corrected chi connectivity index (χ4v) is 4.59. The Hall–Kier alpha value is -3.63. The fraction of sp³-hybridized carbons (Fsp3) is 0.488. The molecule has 3 aromatic rings. The van der Waals surface area contributed by atoms with E-state index in [1.165, 1.54) is 76.3 Å². The number of non-ortho nitro benzene ring substituents is 1. The Morgan fingerprint density at radius 2 is 1.27 bits per heavy atom. The van der Waals surface area contributed by atoms with E-state index in [4.69, 9.17) is 0 Å². The molecule has 1 aliphatic carbocycles. The van der Waals surface area contributed by atoms with Gasteiger partial charge in [0.15, 0.2) is 0 Å². The molecule has 270 valence electrons. The number of aryl methyl sites for hydroxylation is 1. The van der Waals surface area contributed by atoms with Gasteiger partial charge < -0.3 is 5.32 Å². The molecule has 0 amide bonds. The Morgan fingerprint density at radius 1 is 0.857 bits per heavy atom. The normalized spacial score (nSPS) is 12.8. The molecule has 0 atom stereocenters. The molecule has 1 aromatic heterocycles. The van der Waals surface area contributed by atoms with E-state index in [2.05, 4.69) is 41.7 Å². The first-order valence-electron chi connectivity index (χ1n) is 17.7. The average Bonchev–Trinajstić information content (AvgIpc) is 3.99. The van der Waals surface area contributed by atoms with Gasteiger partial charge in [0.25, 0.3) is 5.69 Å². The van der Waals surface area contributed by atoms with Gasteiger partial charge in [0.05, 0.1) is 16.3 Å². The molecule has 2 fully saturated rings. The first-order valence-corrected chi connectivity index (χ1v) is 17.7. The zero-order chi connectivity index (χ0) is 36.2. The third-order valence-corrected chi connectivity index (χ3v) is 7.38. The van der Waals surface area contributed by atoms with Gasteiger partial charge in [-0.2, -0.15) is 0 Å². The van der Waals surface area contributed by atoms with Gasteiger partial charge in [0.2, 0.25) is 0 Å². The number of nitro groups is 1. The minimum Gasteiger partial charge on any atom is -0.662 e. The van der Waals surface area contributed by atoms with Crippen molar-refractivity contribution in [1.29, 1.82) is 0 Å². The third-order valence-electron chi connectivity index (χ3n) is 7.38. The zero-order valence-corrected chi connectivity index (χ0v) is 32.3. The van der Waals surface area contributed by atoms with Gasteiger partial charge in [-0.3, -0.25) is 10.1 Å². The number of hydrogen-bond acceptors (Lipinski definition) is 5. The number of aromatic nitrogens is 1. The van der Waals surface area contributed by atoms with Crippen LogP contribution in [0.1, 0.15) is 118 Å². The van der Waals surface area contributed by atoms with E-state index in [1.54, 1.807) is 54.5 Å². The maximum Gasteiger partial charge on any atom is 0.269 e. The zero-order valence-electron chi connectivity index (χ0n) is 31.2. The number of nitrogens with zero attached hydrogens (tertiary/aromatic N) is 4. The van der Waals surface area contributed by atoms with E-state index in [1.807, 2.05) is 46.8 Å². The van der Waals surface area contributed by atoms with Gasteiger partial charge in [0, 0.05) is 40.3 Å². The average molecular weight is 712 g/mol. The van der Waals surface area contributed by atoms with E-state index in [0.717, 1.165) is 41.2 Å². The summed E-state index contributed by atoms with van der Waals surface area (Å²) < 4.78 is 0. The maximum atomic E-state index is 10.8. The molecule has 2 aromatic carbocycles. The molecule has 1 saturated heterocycles. The predicted octanol–water partition coefficient (Wildman–Crippen LogP) is 13.3. The number of nitro benzene ring substituents is 1. The summed E-state index contributed by atoms with van der Waals surface area (Å²) in [5.74, 6) is 2.25. The predicted molar refractivity (Wildman–Crippen MR) is 207 cm³/mol. The smallest absolute Gasteiger partial charge is 0.269 e. The van der Waals surface area contributed by atoms with Crippen LogP contribution < -0.4 is 0 Å². The van der Waals surface area contributed by atoms with Gasteiger partial charge >= 0.3 is 0 Å². The fourth-order valence-electron chi connectivity index (χ4n) is 4.59. The van der Waals surface area contributed by atoms with Crippen LogP contribution in [0.4, 0.5) is 11.4 Å². The summed E-state index contributed by atoms with van der Waals surface area (Å²) >= 11 is 0. The second kappa shape index (κ2) is 30.4. The summed E-state index contributed by atoms with van der Waals surface area (Å²) in [6.45, 7) is 18.3. The molecular weight excluding hydrogens is 652 g/mol. The summed E-state index contributed by atoms with van der Waals surface area (Å²) in [5.41, 5.74) is 7.93. The Kier molecular flexibility index (Phi) is 29.5. The van der Waals surface area contributed by atoms with E-state index in [-0.39, 0.29) is 22.8 Å². The summed E-state index contributed by atoms with van der Waals surface area (Å²) in [4.78, 5) is 25.5. The van der Waals surface area contributed by atoms with Crippen molar-refractivity contribution < 1.29 is 22.0 Å². The summed E-state index contributed by atoms with van der Waals surface area (Å²) in [7, 11) is 0. The molecule has 49 heavy (non-hydrogen) atoms. The quantitative estimate of drug-likeness (QED) is 0.0657. The van der Waals surface area contributed by atoms with E-state index in [9.17, 15) is 15.0 Å². The Balaban J connectivity index is 0. The van der Waals surface area contributed by atoms with Gasteiger partial charge in [-0.15, -0.1) is 30.3 Å². The summed E-state index contributed by atoms with van der Waals surface area (Å²) in [5, 5.41) is 18.1. The molecule has 0 spiro atoms. The van der Waals surface area contributed by atoms with Crippen LogP contribution in [0, 0.1) is 34.3 Å². The molecule has 0 unspecified atom stereocenters. The van der Waals surface area contributed by atoms with Crippen molar-refractivity contribution in [3.63, 3.8) is 0 Å². The minimum atomic E-state index is -0.429. The Morgan fingerprint density at radius 3 is 1.61 bits per heavy atom. The van der Waals surface area contributed by atoms with Crippen molar-refractivity contribution in [1.82, 2.24) is 4.98 Å². The molecular formula is C41H59FeN4O3-. The van der Waals surface area contributed by atoms with Crippen molar-refractivity contribution in [2.75, 3.05) is 13.1 Å². The number of rotatable bonds is 5. The monoisotopic (exact) mass is 711 g/mol. The SMILES string of the molecule is C#CC.C1CCCC[N-]CCCC1.CC.CC.CCC(C)=C1CC1.Cc1cc(-c2ccc(N=O)cc2)nc(-c2ccc([N+](=O)[O-])cc2)c1.[Fe]. The molecule has 0 radical (unpaired) electrons. The topological polar surface area (TPSA) is 99.6 Å². The Labute approximate surface area is 307 Å². The molecule has 2 heterocycles. The molecule has 1 aliphatic heterocycles. The van der Waals surface area contributed by atoms with Crippen molar-refractivity contribution >= 4 is 11.4 Å². The van der Waals surface area contributed by atoms with Gasteiger partial charge in [-0.05, 0) is 87.2 Å². The molecule has 5 rings (SSSR count).